The van der Waals surface area contributed by atoms with Crippen molar-refractivity contribution in [1.82, 2.24) is 14.9 Å². The molecule has 1 aliphatic heterocycles. The summed E-state index contributed by atoms with van der Waals surface area (Å²) in [6.45, 7) is 1.97. The van der Waals surface area contributed by atoms with E-state index in [0.717, 1.165) is 53.0 Å². The Bertz CT molecular complexity index is 917. The first-order valence-electron chi connectivity index (χ1n) is 8.64. The van der Waals surface area contributed by atoms with Gasteiger partial charge in [0.2, 0.25) is 5.91 Å². The van der Waals surface area contributed by atoms with Gasteiger partial charge in [0.25, 0.3) is 0 Å². The summed E-state index contributed by atoms with van der Waals surface area (Å²) in [6.07, 6.45) is 3.73. The van der Waals surface area contributed by atoms with Crippen molar-refractivity contribution in [3.8, 4) is 16.9 Å². The maximum atomic E-state index is 12.3. The molecule has 1 N–H and O–H groups in total. The quantitative estimate of drug-likeness (QED) is 0.748. The third kappa shape index (κ3) is 3.22. The average molecular weight is 368 g/mol. The summed E-state index contributed by atoms with van der Waals surface area (Å²) in [6, 6.07) is 7.91. The number of rotatable bonds is 5. The number of anilines is 1. The normalized spacial score (nSPS) is 14.0. The summed E-state index contributed by atoms with van der Waals surface area (Å²) in [5, 5.41) is 6.26. The molecule has 0 radical (unpaired) electrons. The van der Waals surface area contributed by atoms with Gasteiger partial charge in [0.15, 0.2) is 0 Å². The molecule has 3 heterocycles. The van der Waals surface area contributed by atoms with Gasteiger partial charge >= 0.3 is 0 Å². The third-order valence-electron chi connectivity index (χ3n) is 4.64. The number of hydrogen-bond acceptors (Lipinski definition) is 6. The van der Waals surface area contributed by atoms with Crippen molar-refractivity contribution in [3.63, 3.8) is 0 Å². The Hall–Kier alpha value is -2.67. The average Bonchev–Trinajstić information content (AvgIpc) is 3.36. The Balaban J connectivity index is 1.62. The predicted molar refractivity (Wildman–Crippen MR) is 104 cm³/mol. The summed E-state index contributed by atoms with van der Waals surface area (Å²) in [5.74, 6) is 1.64. The van der Waals surface area contributed by atoms with E-state index in [1.165, 1.54) is 0 Å². The standard InChI is InChI=1S/C19H20N4O2S/c1-25-14-6-4-13(5-7-14)15-11-26-19-17(15)18(21-12-22-19)20-10-16(24)23-8-2-3-9-23/h4-7,11-12H,2-3,8-10H2,1H3,(H,20,21,22). The number of hydrogen-bond donors (Lipinski definition) is 1. The van der Waals surface area contributed by atoms with E-state index >= 15 is 0 Å². The summed E-state index contributed by atoms with van der Waals surface area (Å²) >= 11 is 1.57. The van der Waals surface area contributed by atoms with Gasteiger partial charge in [-0.3, -0.25) is 4.79 Å². The molecule has 1 fully saturated rings. The fourth-order valence-corrected chi connectivity index (χ4v) is 4.15. The lowest BCUT2D eigenvalue weighted by Crippen LogP contribution is -2.33. The van der Waals surface area contributed by atoms with E-state index in [-0.39, 0.29) is 12.5 Å². The van der Waals surface area contributed by atoms with Crippen LogP contribution in [0.3, 0.4) is 0 Å². The first-order valence-corrected chi connectivity index (χ1v) is 9.52. The molecule has 2 aromatic heterocycles. The van der Waals surface area contributed by atoms with Gasteiger partial charge < -0.3 is 15.0 Å². The highest BCUT2D eigenvalue weighted by molar-refractivity contribution is 7.17. The van der Waals surface area contributed by atoms with Crippen LogP contribution in [0, 0.1) is 0 Å². The van der Waals surface area contributed by atoms with Crippen LogP contribution in [-0.4, -0.2) is 47.5 Å². The lowest BCUT2D eigenvalue weighted by Gasteiger charge is -2.16. The van der Waals surface area contributed by atoms with Crippen molar-refractivity contribution in [2.24, 2.45) is 0 Å². The van der Waals surface area contributed by atoms with Crippen LogP contribution in [0.15, 0.2) is 36.0 Å². The van der Waals surface area contributed by atoms with Crippen LogP contribution in [0.2, 0.25) is 0 Å². The van der Waals surface area contributed by atoms with Gasteiger partial charge in [-0.2, -0.15) is 0 Å². The molecule has 0 atom stereocenters. The number of likely N-dealkylation sites (tertiary alicyclic amines) is 1. The second-order valence-corrected chi connectivity index (χ2v) is 7.08. The van der Waals surface area contributed by atoms with Gasteiger partial charge in [0.05, 0.1) is 19.0 Å². The van der Waals surface area contributed by atoms with Gasteiger partial charge in [-0.15, -0.1) is 11.3 Å². The van der Waals surface area contributed by atoms with Crippen molar-refractivity contribution >= 4 is 33.3 Å². The molecule has 4 rings (SSSR count). The smallest absolute Gasteiger partial charge is 0.241 e. The van der Waals surface area contributed by atoms with Crippen LogP contribution in [0.4, 0.5) is 5.82 Å². The van der Waals surface area contributed by atoms with Crippen molar-refractivity contribution in [1.29, 1.82) is 0 Å². The summed E-state index contributed by atoms with van der Waals surface area (Å²) < 4.78 is 5.23. The Kier molecular flexibility index (Phi) is 4.71. The van der Waals surface area contributed by atoms with E-state index < -0.39 is 0 Å². The summed E-state index contributed by atoms with van der Waals surface area (Å²) in [4.78, 5) is 23.9. The monoisotopic (exact) mass is 368 g/mol. The van der Waals surface area contributed by atoms with Crippen LogP contribution in [0.5, 0.6) is 5.75 Å². The molecule has 0 aliphatic carbocycles. The minimum atomic E-state index is 0.121. The van der Waals surface area contributed by atoms with E-state index in [1.54, 1.807) is 24.8 Å². The molecule has 0 saturated carbocycles. The molecule has 134 valence electrons. The van der Waals surface area contributed by atoms with Gasteiger partial charge in [0, 0.05) is 24.0 Å². The van der Waals surface area contributed by atoms with Crippen LogP contribution >= 0.6 is 11.3 Å². The van der Waals surface area contributed by atoms with Crippen molar-refractivity contribution in [2.75, 3.05) is 32.1 Å². The fourth-order valence-electron chi connectivity index (χ4n) is 3.23. The molecule has 26 heavy (non-hydrogen) atoms. The van der Waals surface area contributed by atoms with Crippen LogP contribution in [0.25, 0.3) is 21.3 Å². The molecule has 0 spiro atoms. The topological polar surface area (TPSA) is 67.4 Å². The molecule has 3 aromatic rings. The third-order valence-corrected chi connectivity index (χ3v) is 5.52. The van der Waals surface area contributed by atoms with Gasteiger partial charge in [-0.05, 0) is 30.5 Å². The van der Waals surface area contributed by atoms with Crippen LogP contribution < -0.4 is 10.1 Å². The number of ether oxygens (including phenoxy) is 1. The molecule has 6 nitrogen and oxygen atoms in total. The van der Waals surface area contributed by atoms with Gasteiger partial charge in [-0.25, -0.2) is 9.97 Å². The highest BCUT2D eigenvalue weighted by Crippen LogP contribution is 2.36. The van der Waals surface area contributed by atoms with E-state index in [4.69, 9.17) is 4.74 Å². The van der Waals surface area contributed by atoms with Gasteiger partial charge in [-0.1, -0.05) is 12.1 Å². The van der Waals surface area contributed by atoms with E-state index in [1.807, 2.05) is 29.2 Å². The zero-order chi connectivity index (χ0) is 17.9. The van der Waals surface area contributed by atoms with E-state index in [0.29, 0.717) is 5.82 Å². The van der Waals surface area contributed by atoms with Crippen molar-refractivity contribution < 1.29 is 9.53 Å². The molecule has 1 aromatic carbocycles. The highest BCUT2D eigenvalue weighted by Gasteiger charge is 2.19. The molecule has 1 aliphatic rings. The second-order valence-electron chi connectivity index (χ2n) is 6.22. The molecule has 0 unspecified atom stereocenters. The zero-order valence-electron chi connectivity index (χ0n) is 14.6. The molecule has 1 amide bonds. The fraction of sp³-hybridized carbons (Fsp3) is 0.316. The molecule has 7 heteroatoms. The number of nitrogens with zero attached hydrogens (tertiary/aromatic N) is 3. The number of benzene rings is 1. The predicted octanol–water partition coefficient (Wildman–Crippen LogP) is 3.40. The maximum absolute atomic E-state index is 12.3. The number of methoxy groups -OCH3 is 1. The number of thiophene rings is 1. The molecular weight excluding hydrogens is 348 g/mol. The first kappa shape index (κ1) is 16.8. The van der Waals surface area contributed by atoms with Crippen LogP contribution in [-0.2, 0) is 4.79 Å². The number of nitrogens with one attached hydrogen (secondary N) is 1. The van der Waals surface area contributed by atoms with Crippen molar-refractivity contribution in [2.45, 2.75) is 12.8 Å². The zero-order valence-corrected chi connectivity index (χ0v) is 15.4. The Labute approximate surface area is 155 Å². The molecule has 0 bridgehead atoms. The Morgan fingerprint density at radius 2 is 2.00 bits per heavy atom. The summed E-state index contributed by atoms with van der Waals surface area (Å²) in [7, 11) is 1.66. The van der Waals surface area contributed by atoms with E-state index in [9.17, 15) is 4.79 Å². The second kappa shape index (κ2) is 7.29. The van der Waals surface area contributed by atoms with Crippen molar-refractivity contribution in [3.05, 3.63) is 36.0 Å². The number of carbonyl (C=O) groups excluding carboxylic acids is 1. The summed E-state index contributed by atoms with van der Waals surface area (Å²) in [5.41, 5.74) is 2.13. The minimum Gasteiger partial charge on any atom is -0.497 e. The Morgan fingerprint density at radius 1 is 1.23 bits per heavy atom. The molecular formula is C19H20N4O2S. The van der Waals surface area contributed by atoms with Crippen LogP contribution in [0.1, 0.15) is 12.8 Å². The minimum absolute atomic E-state index is 0.121. The lowest BCUT2D eigenvalue weighted by molar-refractivity contribution is -0.128. The number of amides is 1. The lowest BCUT2D eigenvalue weighted by atomic mass is 10.1. The molecule has 1 saturated heterocycles. The largest absolute Gasteiger partial charge is 0.497 e. The highest BCUT2D eigenvalue weighted by atomic mass is 32.1. The van der Waals surface area contributed by atoms with E-state index in [2.05, 4.69) is 20.7 Å². The number of carbonyl (C=O) groups is 1. The SMILES string of the molecule is COc1ccc(-c2csc3ncnc(NCC(=O)N4CCCC4)c23)cc1. The number of fused-ring (bicyclic) bond motifs is 1. The maximum Gasteiger partial charge on any atom is 0.241 e. The van der Waals surface area contributed by atoms with Gasteiger partial charge in [0.1, 0.15) is 22.7 Å². The number of aromatic nitrogens is 2. The first-order chi connectivity index (χ1) is 12.8. The Morgan fingerprint density at radius 3 is 2.73 bits per heavy atom.